The van der Waals surface area contributed by atoms with Gasteiger partial charge in [-0.1, -0.05) is 18.2 Å². The fourth-order valence-corrected chi connectivity index (χ4v) is 2.53. The van der Waals surface area contributed by atoms with E-state index in [1.54, 1.807) is 23.2 Å². The van der Waals surface area contributed by atoms with Crippen molar-refractivity contribution in [2.75, 3.05) is 18.0 Å². The number of aromatic nitrogens is 2. The maximum atomic E-state index is 12.2. The molecule has 22 heavy (non-hydrogen) atoms. The number of nitrogens with one attached hydrogen (secondary N) is 1. The zero-order valence-corrected chi connectivity index (χ0v) is 12.2. The van der Waals surface area contributed by atoms with Gasteiger partial charge in [-0.25, -0.2) is 4.98 Å². The summed E-state index contributed by atoms with van der Waals surface area (Å²) in [5.74, 6) is 0.669. The highest BCUT2D eigenvalue weighted by atomic mass is 16.2. The van der Waals surface area contributed by atoms with E-state index < -0.39 is 0 Å². The highest BCUT2D eigenvalue weighted by molar-refractivity contribution is 5.94. The Morgan fingerprint density at radius 2 is 2.00 bits per heavy atom. The second-order valence-electron chi connectivity index (χ2n) is 5.19. The molecule has 0 radical (unpaired) electrons. The summed E-state index contributed by atoms with van der Waals surface area (Å²) >= 11 is 0. The predicted octanol–water partition coefficient (Wildman–Crippen LogP) is 1.44. The summed E-state index contributed by atoms with van der Waals surface area (Å²) in [4.78, 5) is 29.9. The first kappa shape index (κ1) is 14.3. The van der Waals surface area contributed by atoms with Crippen molar-refractivity contribution in [1.82, 2.24) is 14.9 Å². The molecule has 1 aromatic heterocycles. The minimum atomic E-state index is -0.107. The summed E-state index contributed by atoms with van der Waals surface area (Å²) in [7, 11) is 0. The van der Waals surface area contributed by atoms with Crippen molar-refractivity contribution in [1.29, 1.82) is 0 Å². The Labute approximate surface area is 128 Å². The summed E-state index contributed by atoms with van der Waals surface area (Å²) in [6, 6.07) is 9.06. The molecule has 1 aromatic carbocycles. The van der Waals surface area contributed by atoms with Gasteiger partial charge in [-0.2, -0.15) is 0 Å². The number of fused-ring (bicyclic) bond motifs is 1. The van der Waals surface area contributed by atoms with E-state index in [0.29, 0.717) is 31.5 Å². The maximum absolute atomic E-state index is 12.2. The van der Waals surface area contributed by atoms with Crippen molar-refractivity contribution in [2.24, 2.45) is 0 Å². The molecule has 2 amide bonds. The summed E-state index contributed by atoms with van der Waals surface area (Å²) in [5, 5.41) is 2.83. The number of nitrogens with zero attached hydrogens (tertiary/aromatic N) is 3. The maximum Gasteiger partial charge on any atom is 0.251 e. The monoisotopic (exact) mass is 298 g/mol. The molecule has 0 aliphatic carbocycles. The first-order chi connectivity index (χ1) is 10.8. The van der Waals surface area contributed by atoms with Crippen molar-refractivity contribution in [3.63, 3.8) is 0 Å². The van der Waals surface area contributed by atoms with Crippen LogP contribution in [0.2, 0.25) is 0 Å². The van der Waals surface area contributed by atoms with Gasteiger partial charge in [0.15, 0.2) is 0 Å². The number of amides is 2. The van der Waals surface area contributed by atoms with Gasteiger partial charge in [-0.05, 0) is 18.6 Å². The Morgan fingerprint density at radius 3 is 2.82 bits per heavy atom. The third kappa shape index (κ3) is 3.00. The fourth-order valence-electron chi connectivity index (χ4n) is 2.53. The second-order valence-corrected chi connectivity index (χ2v) is 5.19. The lowest BCUT2D eigenvalue weighted by atomic mass is 10.2. The highest BCUT2D eigenvalue weighted by Crippen LogP contribution is 2.19. The van der Waals surface area contributed by atoms with Crippen LogP contribution in [0.3, 0.4) is 0 Å². The number of hydrogen-bond acceptors (Lipinski definition) is 3. The predicted molar refractivity (Wildman–Crippen MR) is 82.6 cm³/mol. The molecule has 1 N–H and O–H groups in total. The van der Waals surface area contributed by atoms with E-state index in [9.17, 15) is 9.59 Å². The molecule has 1 aliphatic heterocycles. The van der Waals surface area contributed by atoms with Crippen LogP contribution in [0.15, 0.2) is 42.7 Å². The van der Waals surface area contributed by atoms with Gasteiger partial charge in [-0.3, -0.25) is 14.5 Å². The molecule has 6 heteroatoms. The van der Waals surface area contributed by atoms with Crippen LogP contribution in [0.1, 0.15) is 23.2 Å². The summed E-state index contributed by atoms with van der Waals surface area (Å²) in [5.41, 5.74) is 0.635. The third-order valence-electron chi connectivity index (χ3n) is 3.69. The molecule has 114 valence electrons. The van der Waals surface area contributed by atoms with Crippen LogP contribution in [-0.2, 0) is 11.3 Å². The average Bonchev–Trinajstić information content (AvgIpc) is 3.15. The Hall–Kier alpha value is -2.63. The van der Waals surface area contributed by atoms with Gasteiger partial charge in [0, 0.05) is 44.0 Å². The summed E-state index contributed by atoms with van der Waals surface area (Å²) < 4.78 is 1.97. The van der Waals surface area contributed by atoms with Crippen molar-refractivity contribution in [2.45, 2.75) is 19.4 Å². The van der Waals surface area contributed by atoms with Crippen LogP contribution in [0.5, 0.6) is 0 Å². The topological polar surface area (TPSA) is 67.2 Å². The van der Waals surface area contributed by atoms with Gasteiger partial charge >= 0.3 is 0 Å². The van der Waals surface area contributed by atoms with Gasteiger partial charge in [-0.15, -0.1) is 0 Å². The van der Waals surface area contributed by atoms with Crippen LogP contribution < -0.4 is 10.2 Å². The van der Waals surface area contributed by atoms with Gasteiger partial charge < -0.3 is 9.88 Å². The standard InChI is InChI=1S/C16H18N4O2/c21-14(20-12-11-19-10-9-18-16(19)20)7-4-8-17-15(22)13-5-2-1-3-6-13/h1-3,5-6,9-10H,4,7-8,11-12H2,(H,17,22). The molecule has 0 bridgehead atoms. The molecular weight excluding hydrogens is 280 g/mol. The molecule has 0 unspecified atom stereocenters. The largest absolute Gasteiger partial charge is 0.352 e. The fraction of sp³-hybridized carbons (Fsp3) is 0.312. The second kappa shape index (κ2) is 6.43. The van der Waals surface area contributed by atoms with Crippen molar-refractivity contribution < 1.29 is 9.59 Å². The van der Waals surface area contributed by atoms with Crippen LogP contribution >= 0.6 is 0 Å². The summed E-state index contributed by atoms with van der Waals surface area (Å²) in [6.45, 7) is 1.96. The van der Waals surface area contributed by atoms with Gasteiger partial charge in [0.2, 0.25) is 11.9 Å². The highest BCUT2D eigenvalue weighted by Gasteiger charge is 2.24. The number of anilines is 1. The van der Waals surface area contributed by atoms with E-state index >= 15 is 0 Å². The molecule has 0 atom stereocenters. The minimum Gasteiger partial charge on any atom is -0.352 e. The van der Waals surface area contributed by atoms with E-state index in [1.165, 1.54) is 0 Å². The first-order valence-corrected chi connectivity index (χ1v) is 7.40. The lowest BCUT2D eigenvalue weighted by Crippen LogP contribution is -2.31. The molecule has 0 spiro atoms. The van der Waals surface area contributed by atoms with Crippen molar-refractivity contribution in [3.05, 3.63) is 48.3 Å². The van der Waals surface area contributed by atoms with Gasteiger partial charge in [0.25, 0.3) is 5.91 Å². The summed E-state index contributed by atoms with van der Waals surface area (Å²) in [6.07, 6.45) is 4.61. The van der Waals surface area contributed by atoms with Crippen LogP contribution in [0.25, 0.3) is 0 Å². The third-order valence-corrected chi connectivity index (χ3v) is 3.69. The zero-order valence-electron chi connectivity index (χ0n) is 12.2. The lowest BCUT2D eigenvalue weighted by Gasteiger charge is -2.13. The Kier molecular flexibility index (Phi) is 4.18. The number of carbonyl (C=O) groups is 2. The molecule has 0 saturated heterocycles. The molecule has 6 nitrogen and oxygen atoms in total. The van der Waals surface area contributed by atoms with Gasteiger partial charge in [0.05, 0.1) is 0 Å². The van der Waals surface area contributed by atoms with Crippen molar-refractivity contribution in [3.8, 4) is 0 Å². The first-order valence-electron chi connectivity index (χ1n) is 7.40. The van der Waals surface area contributed by atoms with Crippen LogP contribution in [0, 0.1) is 0 Å². The lowest BCUT2D eigenvalue weighted by molar-refractivity contribution is -0.118. The minimum absolute atomic E-state index is 0.0545. The average molecular weight is 298 g/mol. The molecule has 1 aliphatic rings. The smallest absolute Gasteiger partial charge is 0.251 e. The SMILES string of the molecule is O=C(NCCCC(=O)N1CCn2ccnc21)c1ccccc1. The van der Waals surface area contributed by atoms with Crippen LogP contribution in [0.4, 0.5) is 5.95 Å². The normalized spacial score (nSPS) is 13.0. The quantitative estimate of drug-likeness (QED) is 0.849. The number of hydrogen-bond donors (Lipinski definition) is 1. The number of carbonyl (C=O) groups excluding carboxylic acids is 2. The molecule has 3 rings (SSSR count). The van der Waals surface area contributed by atoms with E-state index in [-0.39, 0.29) is 11.8 Å². The number of rotatable bonds is 5. The Morgan fingerprint density at radius 1 is 1.18 bits per heavy atom. The van der Waals surface area contributed by atoms with E-state index in [4.69, 9.17) is 0 Å². The molecular formula is C16H18N4O2. The van der Waals surface area contributed by atoms with Gasteiger partial charge in [0.1, 0.15) is 0 Å². The zero-order chi connectivity index (χ0) is 15.4. The van der Waals surface area contributed by atoms with E-state index in [2.05, 4.69) is 10.3 Å². The number of benzene rings is 1. The van der Waals surface area contributed by atoms with Crippen molar-refractivity contribution >= 4 is 17.8 Å². The van der Waals surface area contributed by atoms with E-state index in [0.717, 1.165) is 12.5 Å². The van der Waals surface area contributed by atoms with Crippen LogP contribution in [-0.4, -0.2) is 34.5 Å². The molecule has 2 heterocycles. The Balaban J connectivity index is 1.42. The molecule has 2 aromatic rings. The molecule has 0 fully saturated rings. The Bertz CT molecular complexity index is 666. The van der Waals surface area contributed by atoms with E-state index in [1.807, 2.05) is 29.0 Å². The number of imidazole rings is 1. The molecule has 0 saturated carbocycles.